The summed E-state index contributed by atoms with van der Waals surface area (Å²) in [6.07, 6.45) is 1.28. The summed E-state index contributed by atoms with van der Waals surface area (Å²) in [5.41, 5.74) is 4.28. The number of nitrogens with zero attached hydrogens (tertiary/aromatic N) is 3. The third-order valence-electron chi connectivity index (χ3n) is 6.12. The van der Waals surface area contributed by atoms with Gasteiger partial charge in [0.2, 0.25) is 11.8 Å². The first-order valence-electron chi connectivity index (χ1n) is 10.9. The maximum atomic E-state index is 12.9. The third kappa shape index (κ3) is 4.35. The van der Waals surface area contributed by atoms with Crippen LogP contribution in [0.4, 0.5) is 0 Å². The SMILES string of the molecule is Cc1oc(-c2ccccc2)nc1CC(=O)N1CCN(Cc2ccc3c(c2)CCO3)CC1. The van der Waals surface area contributed by atoms with Crippen molar-refractivity contribution in [1.82, 2.24) is 14.8 Å². The van der Waals surface area contributed by atoms with Gasteiger partial charge in [-0.1, -0.05) is 30.3 Å². The fraction of sp³-hybridized carbons (Fsp3) is 0.360. The predicted molar refractivity (Wildman–Crippen MR) is 118 cm³/mol. The van der Waals surface area contributed by atoms with Gasteiger partial charge in [0.05, 0.1) is 18.7 Å². The molecule has 0 unspecified atom stereocenters. The van der Waals surface area contributed by atoms with E-state index in [1.54, 1.807) is 0 Å². The predicted octanol–water partition coefficient (Wildman–Crippen LogP) is 3.47. The summed E-state index contributed by atoms with van der Waals surface area (Å²) in [6, 6.07) is 16.3. The minimum Gasteiger partial charge on any atom is -0.493 e. The second-order valence-electron chi connectivity index (χ2n) is 8.26. The molecule has 1 amide bonds. The van der Waals surface area contributed by atoms with Crippen LogP contribution < -0.4 is 4.74 Å². The van der Waals surface area contributed by atoms with Crippen molar-refractivity contribution in [3.8, 4) is 17.2 Å². The number of aromatic nitrogens is 1. The van der Waals surface area contributed by atoms with Gasteiger partial charge in [-0.05, 0) is 36.2 Å². The average molecular weight is 418 g/mol. The fourth-order valence-electron chi connectivity index (χ4n) is 4.30. The van der Waals surface area contributed by atoms with Crippen LogP contribution in [-0.4, -0.2) is 53.5 Å². The van der Waals surface area contributed by atoms with Crippen LogP contribution in [0.3, 0.4) is 0 Å². The van der Waals surface area contributed by atoms with Gasteiger partial charge in [0.1, 0.15) is 11.5 Å². The standard InChI is InChI=1S/C25H27N3O3/c1-18-22(26-25(31-18)20-5-3-2-4-6-20)16-24(29)28-12-10-27(11-13-28)17-19-7-8-23-21(15-19)9-14-30-23/h2-8,15H,9-14,16-17H2,1H3. The van der Waals surface area contributed by atoms with E-state index in [2.05, 4.69) is 28.1 Å². The lowest BCUT2D eigenvalue weighted by Gasteiger charge is -2.34. The molecule has 6 heteroatoms. The van der Waals surface area contributed by atoms with E-state index >= 15 is 0 Å². The number of piperazine rings is 1. The molecule has 2 aliphatic heterocycles. The summed E-state index contributed by atoms with van der Waals surface area (Å²) in [6.45, 7) is 6.83. The summed E-state index contributed by atoms with van der Waals surface area (Å²) >= 11 is 0. The van der Waals surface area contributed by atoms with Crippen LogP contribution in [0.15, 0.2) is 52.9 Å². The van der Waals surface area contributed by atoms with Gasteiger partial charge in [0.25, 0.3) is 0 Å². The number of rotatable bonds is 5. The Kier molecular flexibility index (Phi) is 5.47. The van der Waals surface area contributed by atoms with E-state index in [0.29, 0.717) is 11.7 Å². The molecule has 0 saturated carbocycles. The Balaban J connectivity index is 1.16. The Bertz CT molecular complexity index is 1070. The number of oxazole rings is 1. The Morgan fingerprint density at radius 2 is 1.87 bits per heavy atom. The van der Waals surface area contributed by atoms with Crippen molar-refractivity contribution < 1.29 is 13.9 Å². The van der Waals surface area contributed by atoms with E-state index in [4.69, 9.17) is 9.15 Å². The second kappa shape index (κ2) is 8.55. The Morgan fingerprint density at radius 1 is 1.06 bits per heavy atom. The van der Waals surface area contributed by atoms with E-state index in [0.717, 1.165) is 62.8 Å². The molecule has 1 saturated heterocycles. The highest BCUT2D eigenvalue weighted by molar-refractivity contribution is 5.78. The zero-order valence-electron chi connectivity index (χ0n) is 17.8. The van der Waals surface area contributed by atoms with Crippen molar-refractivity contribution >= 4 is 5.91 Å². The lowest BCUT2D eigenvalue weighted by Crippen LogP contribution is -2.48. The molecule has 2 aromatic carbocycles. The summed E-state index contributed by atoms with van der Waals surface area (Å²) < 4.78 is 11.4. The second-order valence-corrected chi connectivity index (χ2v) is 8.26. The van der Waals surface area contributed by atoms with Gasteiger partial charge < -0.3 is 14.1 Å². The molecule has 2 aliphatic rings. The van der Waals surface area contributed by atoms with E-state index < -0.39 is 0 Å². The van der Waals surface area contributed by atoms with Gasteiger partial charge in [0, 0.05) is 44.7 Å². The molecule has 160 valence electrons. The van der Waals surface area contributed by atoms with Gasteiger partial charge in [0.15, 0.2) is 0 Å². The number of hydrogen-bond acceptors (Lipinski definition) is 5. The largest absolute Gasteiger partial charge is 0.493 e. The first kappa shape index (κ1) is 19.8. The summed E-state index contributed by atoms with van der Waals surface area (Å²) in [5, 5.41) is 0. The van der Waals surface area contributed by atoms with Crippen LogP contribution in [0.25, 0.3) is 11.5 Å². The molecule has 3 aromatic rings. The number of hydrogen-bond donors (Lipinski definition) is 0. The van der Waals surface area contributed by atoms with Crippen LogP contribution in [0.2, 0.25) is 0 Å². The molecule has 1 fully saturated rings. The van der Waals surface area contributed by atoms with E-state index in [9.17, 15) is 4.79 Å². The molecule has 5 rings (SSSR count). The van der Waals surface area contributed by atoms with Gasteiger partial charge >= 0.3 is 0 Å². The summed E-state index contributed by atoms with van der Waals surface area (Å²) in [5.74, 6) is 2.43. The number of aryl methyl sites for hydroxylation is 1. The van der Waals surface area contributed by atoms with E-state index in [1.807, 2.05) is 42.2 Å². The molecule has 0 spiro atoms. The highest BCUT2D eigenvalue weighted by Crippen LogP contribution is 2.26. The fourth-order valence-corrected chi connectivity index (χ4v) is 4.30. The maximum absolute atomic E-state index is 12.9. The van der Waals surface area contributed by atoms with E-state index in [-0.39, 0.29) is 12.3 Å². The molecule has 1 aromatic heterocycles. The molecule has 0 radical (unpaired) electrons. The molecule has 0 atom stereocenters. The molecule has 0 bridgehead atoms. The molecule has 31 heavy (non-hydrogen) atoms. The molecule has 6 nitrogen and oxygen atoms in total. The normalized spacial score (nSPS) is 16.2. The third-order valence-corrected chi connectivity index (χ3v) is 6.12. The monoisotopic (exact) mass is 417 g/mol. The summed E-state index contributed by atoms with van der Waals surface area (Å²) in [4.78, 5) is 21.8. The van der Waals surface area contributed by atoms with Crippen LogP contribution in [-0.2, 0) is 24.2 Å². The van der Waals surface area contributed by atoms with Gasteiger partial charge in [-0.2, -0.15) is 0 Å². The van der Waals surface area contributed by atoms with Gasteiger partial charge in [-0.25, -0.2) is 4.98 Å². The average Bonchev–Trinajstić information content (AvgIpc) is 3.41. The minimum absolute atomic E-state index is 0.116. The molecule has 3 heterocycles. The quantitative estimate of drug-likeness (QED) is 0.636. The van der Waals surface area contributed by atoms with Gasteiger partial charge in [-0.15, -0.1) is 0 Å². The molecular formula is C25H27N3O3. The smallest absolute Gasteiger partial charge is 0.228 e. The lowest BCUT2D eigenvalue weighted by atomic mass is 10.1. The highest BCUT2D eigenvalue weighted by Gasteiger charge is 2.24. The van der Waals surface area contributed by atoms with Gasteiger partial charge in [-0.3, -0.25) is 9.69 Å². The Morgan fingerprint density at radius 3 is 2.68 bits per heavy atom. The molecule has 0 aliphatic carbocycles. The van der Waals surface area contributed by atoms with Crippen molar-refractivity contribution in [2.75, 3.05) is 32.8 Å². The van der Waals surface area contributed by atoms with Crippen LogP contribution in [0.5, 0.6) is 5.75 Å². The Hall–Kier alpha value is -3.12. The number of carbonyl (C=O) groups excluding carboxylic acids is 1. The minimum atomic E-state index is 0.116. The molecular weight excluding hydrogens is 390 g/mol. The number of ether oxygens (including phenoxy) is 1. The number of carbonyl (C=O) groups is 1. The lowest BCUT2D eigenvalue weighted by molar-refractivity contribution is -0.132. The summed E-state index contributed by atoms with van der Waals surface area (Å²) in [7, 11) is 0. The van der Waals surface area contributed by atoms with E-state index in [1.165, 1.54) is 11.1 Å². The number of amides is 1. The number of fused-ring (bicyclic) bond motifs is 1. The van der Waals surface area contributed by atoms with Crippen molar-refractivity contribution in [3.63, 3.8) is 0 Å². The van der Waals surface area contributed by atoms with Crippen LogP contribution in [0, 0.1) is 6.92 Å². The van der Waals surface area contributed by atoms with Crippen molar-refractivity contribution in [2.24, 2.45) is 0 Å². The topological polar surface area (TPSA) is 58.8 Å². The highest BCUT2D eigenvalue weighted by atomic mass is 16.5. The number of benzene rings is 2. The maximum Gasteiger partial charge on any atom is 0.228 e. The Labute approximate surface area is 182 Å². The van der Waals surface area contributed by atoms with Crippen LogP contribution in [0.1, 0.15) is 22.6 Å². The first-order valence-corrected chi connectivity index (χ1v) is 10.9. The van der Waals surface area contributed by atoms with Crippen molar-refractivity contribution in [1.29, 1.82) is 0 Å². The zero-order chi connectivity index (χ0) is 21.2. The van der Waals surface area contributed by atoms with Crippen molar-refractivity contribution in [2.45, 2.75) is 26.3 Å². The first-order chi connectivity index (χ1) is 15.2. The molecule has 0 N–H and O–H groups in total. The zero-order valence-corrected chi connectivity index (χ0v) is 17.8. The van der Waals surface area contributed by atoms with Crippen molar-refractivity contribution in [3.05, 3.63) is 71.1 Å². The van der Waals surface area contributed by atoms with Crippen LogP contribution >= 0.6 is 0 Å².